The number of carbonyl (C=O) groups excluding carboxylic acids is 1. The zero-order valence-corrected chi connectivity index (χ0v) is 10.4. The molecule has 1 amide bonds. The molecule has 0 aromatic heterocycles. The highest BCUT2D eigenvalue weighted by Gasteiger charge is 2.46. The van der Waals surface area contributed by atoms with E-state index >= 15 is 0 Å². The monoisotopic (exact) mass is 267 g/mol. The molecule has 3 rings (SSSR count). The summed E-state index contributed by atoms with van der Waals surface area (Å²) in [6.45, 7) is 0.973. The summed E-state index contributed by atoms with van der Waals surface area (Å²) in [6, 6.07) is 3.81. The van der Waals surface area contributed by atoms with Gasteiger partial charge in [0.25, 0.3) is 0 Å². The molecule has 1 N–H and O–H groups in total. The van der Waals surface area contributed by atoms with Crippen LogP contribution in [0.4, 0.5) is 8.78 Å². The number of aliphatic hydroxyl groups is 1. The lowest BCUT2D eigenvalue weighted by molar-refractivity contribution is -0.131. The van der Waals surface area contributed by atoms with Crippen LogP contribution in [0.25, 0.3) is 0 Å². The second-order valence-corrected chi connectivity index (χ2v) is 5.35. The maximum atomic E-state index is 13.1. The molecule has 19 heavy (non-hydrogen) atoms. The Morgan fingerprint density at radius 3 is 2.74 bits per heavy atom. The number of likely N-dealkylation sites (tertiary alicyclic amines) is 1. The Morgan fingerprint density at radius 2 is 2.11 bits per heavy atom. The Morgan fingerprint density at radius 1 is 1.32 bits per heavy atom. The topological polar surface area (TPSA) is 40.5 Å². The summed E-state index contributed by atoms with van der Waals surface area (Å²) in [5, 5.41) is 9.42. The minimum absolute atomic E-state index is 0.0136. The molecular weight excluding hydrogens is 252 g/mol. The van der Waals surface area contributed by atoms with Gasteiger partial charge in [0.2, 0.25) is 5.91 Å². The maximum Gasteiger partial charge on any atom is 0.226 e. The summed E-state index contributed by atoms with van der Waals surface area (Å²) < 4.78 is 26.0. The first-order chi connectivity index (χ1) is 9.06. The number of halogens is 2. The second kappa shape index (κ2) is 4.56. The Hall–Kier alpha value is -1.49. The lowest BCUT2D eigenvalue weighted by Gasteiger charge is -2.15. The molecule has 3 atom stereocenters. The molecule has 1 heterocycles. The van der Waals surface area contributed by atoms with Crippen LogP contribution in [0.3, 0.4) is 0 Å². The van der Waals surface area contributed by atoms with E-state index in [2.05, 4.69) is 0 Å². The quantitative estimate of drug-likeness (QED) is 0.885. The van der Waals surface area contributed by atoms with E-state index in [9.17, 15) is 18.7 Å². The molecule has 2 unspecified atom stereocenters. The Kier molecular flexibility index (Phi) is 3.01. The number of hydrogen-bond acceptors (Lipinski definition) is 2. The van der Waals surface area contributed by atoms with E-state index in [1.54, 1.807) is 4.90 Å². The zero-order valence-electron chi connectivity index (χ0n) is 10.4. The average Bonchev–Trinajstić information content (AvgIpc) is 3.07. The van der Waals surface area contributed by atoms with Crippen molar-refractivity contribution in [1.29, 1.82) is 0 Å². The van der Waals surface area contributed by atoms with Crippen LogP contribution in [0, 0.1) is 17.6 Å². The number of hydrogen-bond donors (Lipinski definition) is 1. The third-order valence-electron chi connectivity index (χ3n) is 3.95. The van der Waals surface area contributed by atoms with Crippen LogP contribution in [0.1, 0.15) is 24.3 Å². The largest absolute Gasteiger partial charge is 0.391 e. The maximum absolute atomic E-state index is 13.1. The van der Waals surface area contributed by atoms with Crippen molar-refractivity contribution in [2.24, 2.45) is 5.92 Å². The number of amides is 1. The average molecular weight is 267 g/mol. The molecule has 0 radical (unpaired) electrons. The molecule has 1 aliphatic carbocycles. The van der Waals surface area contributed by atoms with Crippen molar-refractivity contribution in [2.45, 2.75) is 24.9 Å². The van der Waals surface area contributed by atoms with Crippen molar-refractivity contribution in [3.05, 3.63) is 35.4 Å². The minimum Gasteiger partial charge on any atom is -0.391 e. The van der Waals surface area contributed by atoms with Crippen LogP contribution in [0.5, 0.6) is 0 Å². The molecule has 0 bridgehead atoms. The molecular formula is C14H15F2NO2. The van der Waals surface area contributed by atoms with Gasteiger partial charge < -0.3 is 10.0 Å². The molecule has 102 valence electrons. The van der Waals surface area contributed by atoms with Crippen molar-refractivity contribution < 1.29 is 18.7 Å². The van der Waals surface area contributed by atoms with Crippen LogP contribution >= 0.6 is 0 Å². The highest BCUT2D eigenvalue weighted by molar-refractivity contribution is 5.83. The predicted octanol–water partition coefficient (Wildman–Crippen LogP) is 1.66. The zero-order chi connectivity index (χ0) is 13.6. The van der Waals surface area contributed by atoms with Crippen molar-refractivity contribution in [3.8, 4) is 0 Å². The van der Waals surface area contributed by atoms with Gasteiger partial charge in [0.1, 0.15) is 0 Å². The Bertz CT molecular complexity index is 520. The van der Waals surface area contributed by atoms with Crippen molar-refractivity contribution in [3.63, 3.8) is 0 Å². The first-order valence-electron chi connectivity index (χ1n) is 6.48. The van der Waals surface area contributed by atoms with Gasteiger partial charge in [-0.1, -0.05) is 6.07 Å². The predicted molar refractivity (Wildman–Crippen MR) is 64.4 cm³/mol. The van der Waals surface area contributed by atoms with Gasteiger partial charge in [-0.15, -0.1) is 0 Å². The van der Waals surface area contributed by atoms with Gasteiger partial charge in [-0.05, 0) is 36.5 Å². The lowest BCUT2D eigenvalue weighted by atomic mass is 10.1. The summed E-state index contributed by atoms with van der Waals surface area (Å²) in [5.74, 6) is -1.87. The second-order valence-electron chi connectivity index (χ2n) is 5.35. The van der Waals surface area contributed by atoms with E-state index in [-0.39, 0.29) is 17.7 Å². The fraction of sp³-hybridized carbons (Fsp3) is 0.500. The number of β-amino-alcohol motifs (C(OH)–C–C–N with tert-alkyl or cyclic N) is 1. The molecule has 0 spiro atoms. The summed E-state index contributed by atoms with van der Waals surface area (Å²) in [7, 11) is 0. The molecule has 1 aromatic carbocycles. The first kappa shape index (κ1) is 12.5. The third-order valence-corrected chi connectivity index (χ3v) is 3.95. The van der Waals surface area contributed by atoms with Gasteiger partial charge in [0.05, 0.1) is 6.10 Å². The van der Waals surface area contributed by atoms with Crippen LogP contribution in [0.2, 0.25) is 0 Å². The van der Waals surface area contributed by atoms with E-state index in [1.165, 1.54) is 12.1 Å². The number of carbonyl (C=O) groups is 1. The van der Waals surface area contributed by atoms with Gasteiger partial charge in [0, 0.05) is 19.0 Å². The van der Waals surface area contributed by atoms with E-state index in [4.69, 9.17) is 0 Å². The molecule has 2 aliphatic rings. The van der Waals surface area contributed by atoms with Crippen LogP contribution in [-0.4, -0.2) is 35.1 Å². The fourth-order valence-electron chi connectivity index (χ4n) is 2.76. The van der Waals surface area contributed by atoms with E-state index in [0.29, 0.717) is 31.5 Å². The molecule has 1 saturated heterocycles. The number of nitrogens with zero attached hydrogens (tertiary/aromatic N) is 1. The van der Waals surface area contributed by atoms with Gasteiger partial charge in [0.15, 0.2) is 11.6 Å². The Balaban J connectivity index is 1.67. The standard InChI is InChI=1S/C14H15F2NO2/c15-12-2-1-8(5-13(12)16)10-6-11(10)14(19)17-4-3-9(18)7-17/h1-2,5,9-11,18H,3-4,6-7H2/t9-,10?,11?/m1/s1. The number of rotatable bonds is 2. The molecule has 2 fully saturated rings. The molecule has 1 saturated carbocycles. The fourth-order valence-corrected chi connectivity index (χ4v) is 2.76. The summed E-state index contributed by atoms with van der Waals surface area (Å²) in [5.41, 5.74) is 0.678. The van der Waals surface area contributed by atoms with Crippen molar-refractivity contribution in [1.82, 2.24) is 4.90 Å². The minimum atomic E-state index is -0.868. The van der Waals surface area contributed by atoms with Gasteiger partial charge in [-0.2, -0.15) is 0 Å². The Labute approximate surface area is 109 Å². The number of aliphatic hydroxyl groups excluding tert-OH is 1. The molecule has 3 nitrogen and oxygen atoms in total. The summed E-state index contributed by atoms with van der Waals surface area (Å²) in [4.78, 5) is 13.8. The first-order valence-corrected chi connectivity index (χ1v) is 6.48. The van der Waals surface area contributed by atoms with Crippen LogP contribution < -0.4 is 0 Å². The van der Waals surface area contributed by atoms with E-state index in [0.717, 1.165) is 6.07 Å². The van der Waals surface area contributed by atoms with E-state index < -0.39 is 17.7 Å². The van der Waals surface area contributed by atoms with Crippen molar-refractivity contribution in [2.75, 3.05) is 13.1 Å². The van der Waals surface area contributed by atoms with Crippen LogP contribution in [0.15, 0.2) is 18.2 Å². The SMILES string of the molecule is O=C(C1CC1c1ccc(F)c(F)c1)N1CC[C@@H](O)C1. The van der Waals surface area contributed by atoms with Crippen molar-refractivity contribution >= 4 is 5.91 Å². The highest BCUT2D eigenvalue weighted by atomic mass is 19.2. The molecule has 1 aliphatic heterocycles. The molecule has 5 heteroatoms. The normalized spacial score (nSPS) is 29.6. The van der Waals surface area contributed by atoms with Gasteiger partial charge in [-0.3, -0.25) is 4.79 Å². The lowest BCUT2D eigenvalue weighted by Crippen LogP contribution is -2.31. The number of benzene rings is 1. The summed E-state index contributed by atoms with van der Waals surface area (Å²) >= 11 is 0. The van der Waals surface area contributed by atoms with E-state index in [1.807, 2.05) is 0 Å². The molecule has 1 aromatic rings. The van der Waals surface area contributed by atoms with Crippen LogP contribution in [-0.2, 0) is 4.79 Å². The summed E-state index contributed by atoms with van der Waals surface area (Å²) in [6.07, 6.45) is 0.870. The third kappa shape index (κ3) is 2.34. The smallest absolute Gasteiger partial charge is 0.226 e. The van der Waals surface area contributed by atoms with Gasteiger partial charge >= 0.3 is 0 Å². The van der Waals surface area contributed by atoms with Gasteiger partial charge in [-0.25, -0.2) is 8.78 Å². The highest BCUT2D eigenvalue weighted by Crippen LogP contribution is 2.48.